The SMILES string of the molecule is CCOc1ccc(-n2c(C(C)N(CCOC)C(=O)Nc3cc(C(F)(F)F)cc(C(F)(F)F)c3)nc3ccccc3c2=O)cc1. The fraction of sp³-hybridized carbons (Fsp3) is 0.300. The number of rotatable bonds is 9. The van der Waals surface area contributed by atoms with Gasteiger partial charge >= 0.3 is 18.4 Å². The quantitative estimate of drug-likeness (QED) is 0.202. The highest BCUT2D eigenvalue weighted by atomic mass is 19.4. The lowest BCUT2D eigenvalue weighted by molar-refractivity contribution is -0.143. The first-order valence-electron chi connectivity index (χ1n) is 13.4. The molecule has 2 amide bonds. The van der Waals surface area contributed by atoms with Gasteiger partial charge in [-0.25, -0.2) is 9.78 Å². The fourth-order valence-corrected chi connectivity index (χ4v) is 4.56. The molecule has 1 atom stereocenters. The van der Waals surface area contributed by atoms with Gasteiger partial charge in [0.1, 0.15) is 11.6 Å². The van der Waals surface area contributed by atoms with E-state index in [2.05, 4.69) is 10.3 Å². The minimum atomic E-state index is -5.10. The molecule has 0 fully saturated rings. The van der Waals surface area contributed by atoms with Crippen molar-refractivity contribution in [1.29, 1.82) is 0 Å². The number of anilines is 1. The van der Waals surface area contributed by atoms with Crippen molar-refractivity contribution in [2.75, 3.05) is 32.2 Å². The van der Waals surface area contributed by atoms with Gasteiger partial charge in [-0.05, 0) is 68.4 Å². The van der Waals surface area contributed by atoms with Crippen LogP contribution in [0.5, 0.6) is 5.75 Å². The number of fused-ring (bicyclic) bond motifs is 1. The molecule has 0 aliphatic heterocycles. The largest absolute Gasteiger partial charge is 0.494 e. The zero-order valence-electron chi connectivity index (χ0n) is 23.8. The molecule has 0 saturated carbocycles. The lowest BCUT2D eigenvalue weighted by Gasteiger charge is -2.30. The van der Waals surface area contributed by atoms with Crippen molar-refractivity contribution in [1.82, 2.24) is 14.5 Å². The van der Waals surface area contributed by atoms with Crippen molar-refractivity contribution < 1.29 is 40.6 Å². The number of halogens is 6. The lowest BCUT2D eigenvalue weighted by Crippen LogP contribution is -2.41. The van der Waals surface area contributed by atoms with Crippen molar-refractivity contribution in [2.45, 2.75) is 32.2 Å². The zero-order chi connectivity index (χ0) is 32.2. The minimum absolute atomic E-state index is 0.0323. The highest BCUT2D eigenvalue weighted by Gasteiger charge is 2.37. The summed E-state index contributed by atoms with van der Waals surface area (Å²) in [5.41, 5.74) is -3.64. The third kappa shape index (κ3) is 7.13. The van der Waals surface area contributed by atoms with E-state index < -0.39 is 46.8 Å². The van der Waals surface area contributed by atoms with Gasteiger partial charge in [-0.1, -0.05) is 12.1 Å². The van der Waals surface area contributed by atoms with E-state index in [0.717, 1.165) is 4.90 Å². The Balaban J connectivity index is 1.81. The summed E-state index contributed by atoms with van der Waals surface area (Å²) in [7, 11) is 1.35. The molecule has 1 heterocycles. The summed E-state index contributed by atoms with van der Waals surface area (Å²) in [5.74, 6) is 0.636. The molecule has 0 spiro atoms. The van der Waals surface area contributed by atoms with E-state index in [4.69, 9.17) is 9.47 Å². The number of hydrogen-bond donors (Lipinski definition) is 1. The van der Waals surface area contributed by atoms with Crippen molar-refractivity contribution in [3.8, 4) is 11.4 Å². The maximum atomic E-state index is 13.8. The molecule has 0 aliphatic rings. The van der Waals surface area contributed by atoms with Crippen LogP contribution in [0.4, 0.5) is 36.8 Å². The third-order valence-corrected chi connectivity index (χ3v) is 6.68. The Morgan fingerprint density at radius 2 is 1.59 bits per heavy atom. The summed E-state index contributed by atoms with van der Waals surface area (Å²) in [6, 6.07) is 11.8. The summed E-state index contributed by atoms with van der Waals surface area (Å²) >= 11 is 0. The van der Waals surface area contributed by atoms with E-state index in [9.17, 15) is 35.9 Å². The number of amides is 2. The van der Waals surface area contributed by atoms with Gasteiger partial charge in [-0.2, -0.15) is 26.3 Å². The van der Waals surface area contributed by atoms with Crippen molar-refractivity contribution >= 4 is 22.6 Å². The number of urea groups is 1. The van der Waals surface area contributed by atoms with E-state index in [1.165, 1.54) is 18.6 Å². The standard InChI is InChI=1S/C30H28F6N4O4/c1-4-44-23-11-9-22(10-12-23)40-26(38-25-8-6-5-7-24(25)27(40)41)18(2)39(13-14-43-3)28(42)37-21-16-19(29(31,32)33)15-20(17-21)30(34,35)36/h5-12,15-18H,4,13-14H2,1-3H3,(H,37,42). The number of ether oxygens (including phenoxy) is 2. The van der Waals surface area contributed by atoms with Gasteiger partial charge in [0.15, 0.2) is 0 Å². The molecule has 1 unspecified atom stereocenters. The highest BCUT2D eigenvalue weighted by molar-refractivity contribution is 5.90. The van der Waals surface area contributed by atoms with Crippen LogP contribution in [0, 0.1) is 0 Å². The van der Waals surface area contributed by atoms with Gasteiger partial charge < -0.3 is 19.7 Å². The monoisotopic (exact) mass is 622 g/mol. The first-order chi connectivity index (χ1) is 20.7. The lowest BCUT2D eigenvalue weighted by atomic mass is 10.1. The van der Waals surface area contributed by atoms with Crippen LogP contribution in [-0.2, 0) is 17.1 Å². The summed E-state index contributed by atoms with van der Waals surface area (Å²) in [6.07, 6.45) is -10.2. The van der Waals surface area contributed by atoms with E-state index in [0.29, 0.717) is 35.7 Å². The molecule has 0 saturated heterocycles. The second kappa shape index (κ2) is 13.0. The molecule has 8 nitrogen and oxygen atoms in total. The number of hydrogen-bond acceptors (Lipinski definition) is 5. The number of nitrogens with zero attached hydrogens (tertiary/aromatic N) is 3. The molecular formula is C30H28F6N4O4. The van der Waals surface area contributed by atoms with E-state index in [1.807, 2.05) is 6.92 Å². The summed E-state index contributed by atoms with van der Waals surface area (Å²) in [4.78, 5) is 33.1. The average molecular weight is 623 g/mol. The Labute approximate surface area is 247 Å². The maximum Gasteiger partial charge on any atom is 0.416 e. The summed E-state index contributed by atoms with van der Waals surface area (Å²) < 4.78 is 92.5. The van der Waals surface area contributed by atoms with Crippen LogP contribution in [0.25, 0.3) is 16.6 Å². The Kier molecular flexibility index (Phi) is 9.52. The molecule has 1 aromatic heterocycles. The van der Waals surface area contributed by atoms with Crippen LogP contribution in [0.15, 0.2) is 71.5 Å². The van der Waals surface area contributed by atoms with E-state index >= 15 is 0 Å². The number of methoxy groups -OCH3 is 1. The summed E-state index contributed by atoms with van der Waals surface area (Å²) in [5, 5.41) is 2.44. The Morgan fingerprint density at radius 1 is 0.977 bits per heavy atom. The van der Waals surface area contributed by atoms with Crippen LogP contribution in [-0.4, -0.2) is 47.4 Å². The third-order valence-electron chi connectivity index (χ3n) is 6.68. The number of aromatic nitrogens is 2. The number of carbonyl (C=O) groups is 1. The van der Waals surface area contributed by atoms with Gasteiger partial charge in [-0.3, -0.25) is 9.36 Å². The van der Waals surface area contributed by atoms with Crippen LogP contribution >= 0.6 is 0 Å². The predicted octanol–water partition coefficient (Wildman–Crippen LogP) is 7.06. The molecule has 0 bridgehead atoms. The predicted molar refractivity (Wildman–Crippen MR) is 151 cm³/mol. The zero-order valence-corrected chi connectivity index (χ0v) is 23.8. The van der Waals surface area contributed by atoms with Gasteiger partial charge in [0.25, 0.3) is 5.56 Å². The van der Waals surface area contributed by atoms with E-state index in [1.54, 1.807) is 48.5 Å². The van der Waals surface area contributed by atoms with Gasteiger partial charge in [0, 0.05) is 19.3 Å². The number of benzene rings is 3. The molecule has 4 aromatic rings. The van der Waals surface area contributed by atoms with Crippen LogP contribution in [0.2, 0.25) is 0 Å². The number of nitrogens with one attached hydrogen (secondary N) is 1. The number of carbonyl (C=O) groups excluding carboxylic acids is 1. The molecule has 234 valence electrons. The van der Waals surface area contributed by atoms with Crippen molar-refractivity contribution in [3.05, 3.63) is 94.0 Å². The molecule has 1 N–H and O–H groups in total. The second-order valence-electron chi connectivity index (χ2n) is 9.64. The highest BCUT2D eigenvalue weighted by Crippen LogP contribution is 2.38. The first kappa shape index (κ1) is 32.3. The molecule has 0 aliphatic carbocycles. The minimum Gasteiger partial charge on any atom is -0.494 e. The molecule has 14 heteroatoms. The van der Waals surface area contributed by atoms with Crippen LogP contribution in [0.3, 0.4) is 0 Å². The Hall–Kier alpha value is -4.59. The molecule has 4 rings (SSSR count). The second-order valence-corrected chi connectivity index (χ2v) is 9.64. The molecule has 44 heavy (non-hydrogen) atoms. The maximum absolute atomic E-state index is 13.8. The molecular weight excluding hydrogens is 594 g/mol. The smallest absolute Gasteiger partial charge is 0.416 e. The van der Waals surface area contributed by atoms with Crippen molar-refractivity contribution in [3.63, 3.8) is 0 Å². The normalized spacial score (nSPS) is 12.7. The molecule has 3 aromatic carbocycles. The van der Waals surface area contributed by atoms with E-state index in [-0.39, 0.29) is 30.4 Å². The van der Waals surface area contributed by atoms with Crippen molar-refractivity contribution in [2.24, 2.45) is 0 Å². The van der Waals surface area contributed by atoms with Gasteiger partial charge in [0.05, 0.1) is 47.0 Å². The number of alkyl halides is 6. The van der Waals surface area contributed by atoms with Gasteiger partial charge in [0.2, 0.25) is 0 Å². The Morgan fingerprint density at radius 3 is 2.16 bits per heavy atom. The fourth-order valence-electron chi connectivity index (χ4n) is 4.56. The molecule has 0 radical (unpaired) electrons. The van der Waals surface area contributed by atoms with Gasteiger partial charge in [-0.15, -0.1) is 0 Å². The Bertz CT molecular complexity index is 1650. The first-order valence-corrected chi connectivity index (χ1v) is 13.4. The van der Waals surface area contributed by atoms with Crippen LogP contribution in [0.1, 0.15) is 36.8 Å². The summed E-state index contributed by atoms with van der Waals surface area (Å²) in [6.45, 7) is 3.56. The van der Waals surface area contributed by atoms with Crippen LogP contribution < -0.4 is 15.6 Å². The number of para-hydroxylation sites is 1. The average Bonchev–Trinajstić information content (AvgIpc) is 2.97. The topological polar surface area (TPSA) is 85.7 Å².